The molecule has 0 bridgehead atoms. The van der Waals surface area contributed by atoms with E-state index in [1.165, 1.54) is 13.3 Å². The van der Waals surface area contributed by atoms with Gasteiger partial charge in [0.25, 0.3) is 5.91 Å². The monoisotopic (exact) mass is 442 g/mol. The fourth-order valence-electron chi connectivity index (χ4n) is 3.45. The van der Waals surface area contributed by atoms with Crippen LogP contribution < -0.4 is 5.43 Å². The largest absolute Gasteiger partial charge is 0.465 e. The van der Waals surface area contributed by atoms with Crippen LogP contribution in [0.3, 0.4) is 0 Å². The van der Waals surface area contributed by atoms with Crippen LogP contribution in [0.25, 0.3) is 16.9 Å². The van der Waals surface area contributed by atoms with Crippen LogP contribution in [0.1, 0.15) is 37.8 Å². The summed E-state index contributed by atoms with van der Waals surface area (Å²) in [6.07, 6.45) is 1.48. The molecule has 2 N–H and O–H groups in total. The van der Waals surface area contributed by atoms with Crippen molar-refractivity contribution < 1.29 is 14.3 Å². The normalized spacial score (nSPS) is 11.0. The van der Waals surface area contributed by atoms with E-state index in [4.69, 9.17) is 0 Å². The quantitative estimate of drug-likeness (QED) is 0.270. The van der Waals surface area contributed by atoms with Crippen molar-refractivity contribution in [1.29, 1.82) is 0 Å². The van der Waals surface area contributed by atoms with Gasteiger partial charge in [0.05, 0.1) is 41.7 Å². The van der Waals surface area contributed by atoms with Gasteiger partial charge in [-0.3, -0.25) is 9.89 Å². The average molecular weight is 442 g/mol. The van der Waals surface area contributed by atoms with E-state index in [2.05, 4.69) is 30.6 Å². The molecule has 0 saturated heterocycles. The first-order valence-electron chi connectivity index (χ1n) is 10.2. The van der Waals surface area contributed by atoms with Crippen molar-refractivity contribution >= 4 is 18.1 Å². The minimum Gasteiger partial charge on any atom is -0.465 e. The standard InChI is InChI=1S/C24H22N6O3/c1-15-22(16(2)30(29-15)19-7-5-4-6-8-19)20-13-21(27-26-20)23(31)28-25-14-17-9-11-18(12-10-17)24(32)33-3/h4-14H,1-3H3,(H,26,27)(H,28,31)/b25-14-. The molecular formula is C24H22N6O3. The van der Waals surface area contributed by atoms with E-state index in [0.717, 1.165) is 22.6 Å². The highest BCUT2D eigenvalue weighted by atomic mass is 16.5. The lowest BCUT2D eigenvalue weighted by atomic mass is 10.1. The smallest absolute Gasteiger partial charge is 0.337 e. The zero-order chi connectivity index (χ0) is 23.4. The lowest BCUT2D eigenvalue weighted by Crippen LogP contribution is -2.18. The number of hydrogen-bond donors (Lipinski definition) is 2. The maximum Gasteiger partial charge on any atom is 0.337 e. The molecule has 166 valence electrons. The van der Waals surface area contributed by atoms with E-state index in [-0.39, 0.29) is 5.69 Å². The highest BCUT2D eigenvalue weighted by Crippen LogP contribution is 2.27. The zero-order valence-corrected chi connectivity index (χ0v) is 18.4. The Bertz CT molecular complexity index is 1320. The molecule has 0 unspecified atom stereocenters. The first-order valence-corrected chi connectivity index (χ1v) is 10.2. The molecule has 0 spiro atoms. The molecule has 0 aliphatic carbocycles. The molecule has 0 aliphatic heterocycles. The molecule has 4 aromatic rings. The van der Waals surface area contributed by atoms with E-state index < -0.39 is 11.9 Å². The lowest BCUT2D eigenvalue weighted by Gasteiger charge is -2.04. The van der Waals surface area contributed by atoms with Crippen LogP contribution in [0.5, 0.6) is 0 Å². The number of carbonyl (C=O) groups is 2. The van der Waals surface area contributed by atoms with Gasteiger partial charge in [-0.25, -0.2) is 14.9 Å². The number of aromatic amines is 1. The second kappa shape index (κ2) is 9.31. The Morgan fingerprint density at radius 3 is 2.52 bits per heavy atom. The van der Waals surface area contributed by atoms with Crippen molar-refractivity contribution in [3.05, 3.63) is 88.9 Å². The number of carbonyl (C=O) groups excluding carboxylic acids is 2. The molecule has 0 atom stereocenters. The number of methoxy groups -OCH3 is 1. The third kappa shape index (κ3) is 4.57. The SMILES string of the molecule is COC(=O)c1ccc(/C=N\NC(=O)c2cc(-c3c(C)nn(-c4ccccc4)c3C)n[nH]2)cc1. The molecule has 2 aromatic carbocycles. The van der Waals surface area contributed by atoms with Gasteiger partial charge in [-0.1, -0.05) is 30.3 Å². The molecule has 0 radical (unpaired) electrons. The molecule has 4 rings (SSSR count). The summed E-state index contributed by atoms with van der Waals surface area (Å²) in [5, 5.41) is 15.7. The highest BCUT2D eigenvalue weighted by molar-refractivity contribution is 5.94. The third-order valence-electron chi connectivity index (χ3n) is 5.08. The molecule has 2 aromatic heterocycles. The zero-order valence-electron chi connectivity index (χ0n) is 18.4. The first-order chi connectivity index (χ1) is 16.0. The van der Waals surface area contributed by atoms with Crippen molar-refractivity contribution in [2.45, 2.75) is 13.8 Å². The predicted octanol–water partition coefficient (Wildman–Crippen LogP) is 3.43. The molecule has 33 heavy (non-hydrogen) atoms. The third-order valence-corrected chi connectivity index (χ3v) is 5.08. The number of nitrogens with zero attached hydrogens (tertiary/aromatic N) is 4. The van der Waals surface area contributed by atoms with Crippen molar-refractivity contribution in [3.8, 4) is 16.9 Å². The number of hydrazone groups is 1. The summed E-state index contributed by atoms with van der Waals surface area (Å²) < 4.78 is 6.52. The Kier molecular flexibility index (Phi) is 6.12. The van der Waals surface area contributed by atoms with E-state index in [1.54, 1.807) is 30.3 Å². The summed E-state index contributed by atoms with van der Waals surface area (Å²) in [4.78, 5) is 24.0. The number of esters is 1. The second-order valence-corrected chi connectivity index (χ2v) is 7.27. The van der Waals surface area contributed by atoms with Crippen molar-refractivity contribution in [1.82, 2.24) is 25.4 Å². The van der Waals surface area contributed by atoms with Crippen LogP contribution in [-0.2, 0) is 4.74 Å². The van der Waals surface area contributed by atoms with Gasteiger partial charge >= 0.3 is 5.97 Å². The summed E-state index contributed by atoms with van der Waals surface area (Å²) in [7, 11) is 1.33. The molecular weight excluding hydrogens is 420 g/mol. The number of benzene rings is 2. The van der Waals surface area contributed by atoms with Crippen LogP contribution >= 0.6 is 0 Å². The average Bonchev–Trinajstić information content (AvgIpc) is 3.43. The van der Waals surface area contributed by atoms with Crippen molar-refractivity contribution in [2.24, 2.45) is 5.10 Å². The molecule has 1 amide bonds. The number of rotatable bonds is 6. The minimum absolute atomic E-state index is 0.273. The fraction of sp³-hybridized carbons (Fsp3) is 0.125. The molecule has 9 nitrogen and oxygen atoms in total. The number of aromatic nitrogens is 4. The van der Waals surface area contributed by atoms with E-state index >= 15 is 0 Å². The number of para-hydroxylation sites is 1. The Hall–Kier alpha value is -4.53. The topological polar surface area (TPSA) is 114 Å². The van der Waals surface area contributed by atoms with Gasteiger partial charge in [-0.05, 0) is 49.7 Å². The van der Waals surface area contributed by atoms with Crippen LogP contribution in [0, 0.1) is 13.8 Å². The lowest BCUT2D eigenvalue weighted by molar-refractivity contribution is 0.0600. The van der Waals surface area contributed by atoms with E-state index in [1.807, 2.05) is 48.9 Å². The van der Waals surface area contributed by atoms with Crippen LogP contribution in [0.15, 0.2) is 65.8 Å². The van der Waals surface area contributed by atoms with Gasteiger partial charge in [0, 0.05) is 5.56 Å². The van der Waals surface area contributed by atoms with E-state index in [9.17, 15) is 9.59 Å². The first kappa shape index (κ1) is 21.7. The van der Waals surface area contributed by atoms with Gasteiger partial charge in [0.2, 0.25) is 0 Å². The van der Waals surface area contributed by atoms with Gasteiger partial charge in [-0.2, -0.15) is 15.3 Å². The number of amides is 1. The summed E-state index contributed by atoms with van der Waals surface area (Å²) in [6, 6.07) is 18.1. The van der Waals surface area contributed by atoms with Crippen molar-refractivity contribution in [3.63, 3.8) is 0 Å². The van der Waals surface area contributed by atoms with Crippen LogP contribution in [0.2, 0.25) is 0 Å². The van der Waals surface area contributed by atoms with Crippen LogP contribution in [-0.4, -0.2) is 45.2 Å². The van der Waals surface area contributed by atoms with Gasteiger partial charge in [-0.15, -0.1) is 0 Å². The number of hydrogen-bond acceptors (Lipinski definition) is 6. The van der Waals surface area contributed by atoms with Crippen molar-refractivity contribution in [2.75, 3.05) is 7.11 Å². The molecule has 0 aliphatic rings. The number of aryl methyl sites for hydroxylation is 1. The maximum atomic E-state index is 12.5. The predicted molar refractivity (Wildman–Crippen MR) is 123 cm³/mol. The summed E-state index contributed by atoms with van der Waals surface area (Å²) in [6.45, 7) is 3.87. The van der Waals surface area contributed by atoms with Gasteiger partial charge < -0.3 is 4.74 Å². The Morgan fingerprint density at radius 2 is 1.82 bits per heavy atom. The maximum absolute atomic E-state index is 12.5. The molecule has 9 heteroatoms. The van der Waals surface area contributed by atoms with E-state index in [0.29, 0.717) is 16.8 Å². The molecule has 0 fully saturated rings. The second-order valence-electron chi connectivity index (χ2n) is 7.27. The number of nitrogens with one attached hydrogen (secondary N) is 2. The Morgan fingerprint density at radius 1 is 1.09 bits per heavy atom. The number of H-pyrrole nitrogens is 1. The Labute approximate surface area is 190 Å². The summed E-state index contributed by atoms with van der Waals surface area (Å²) >= 11 is 0. The minimum atomic E-state index is -0.429. The number of ether oxygens (including phenoxy) is 1. The molecule has 2 heterocycles. The van der Waals surface area contributed by atoms with Crippen LogP contribution in [0.4, 0.5) is 0 Å². The fourth-order valence-corrected chi connectivity index (χ4v) is 3.45. The summed E-state index contributed by atoms with van der Waals surface area (Å²) in [5.74, 6) is -0.844. The Balaban J connectivity index is 1.46. The molecule has 0 saturated carbocycles. The van der Waals surface area contributed by atoms with Gasteiger partial charge in [0.1, 0.15) is 5.69 Å². The summed E-state index contributed by atoms with van der Waals surface area (Å²) in [5.41, 5.74) is 8.06. The van der Waals surface area contributed by atoms with Gasteiger partial charge in [0.15, 0.2) is 0 Å². The highest BCUT2D eigenvalue weighted by Gasteiger charge is 2.18.